The molecule has 0 heterocycles. The van der Waals surface area contributed by atoms with Gasteiger partial charge in [0.15, 0.2) is 6.61 Å². The Hall–Kier alpha value is 0.750. The molecule has 0 aromatic carbocycles. The quantitative estimate of drug-likeness (QED) is 0.713. The Kier molecular flexibility index (Phi) is 3.69. The number of hydrogen-bond donors (Lipinski definition) is 0. The van der Waals surface area contributed by atoms with Gasteiger partial charge in [-0.2, -0.15) is 13.2 Å². The average molecular weight is 261 g/mol. The van der Waals surface area contributed by atoms with E-state index in [-0.39, 0.29) is 0 Å². The van der Waals surface area contributed by atoms with Gasteiger partial charge < -0.3 is 4.52 Å². The molecule has 1 unspecified atom stereocenters. The molecule has 0 aromatic rings. The molecule has 0 aromatic heterocycles. The summed E-state index contributed by atoms with van der Waals surface area (Å²) in [5, 5.41) is 0. The Balaban J connectivity index is 3.67. The Morgan fingerprint density at radius 3 is 2.10 bits per heavy atom. The predicted molar refractivity (Wildman–Crippen MR) is 34.4 cm³/mol. The Bertz CT molecular complexity index is 153. The van der Waals surface area contributed by atoms with Crippen LogP contribution in [0.3, 0.4) is 0 Å². The second kappa shape index (κ2) is 3.43. The highest BCUT2D eigenvalue weighted by Crippen LogP contribution is 2.60. The van der Waals surface area contributed by atoms with Gasteiger partial charge in [-0.15, -0.1) is 0 Å². The summed E-state index contributed by atoms with van der Waals surface area (Å²) in [6.07, 6.45) is -4.50. The van der Waals surface area contributed by atoms with Crippen LogP contribution in [0.25, 0.3) is 0 Å². The molecule has 10 heavy (non-hydrogen) atoms. The van der Waals surface area contributed by atoms with E-state index in [4.69, 9.17) is 11.2 Å². The molecule has 1 atom stereocenters. The third kappa shape index (κ3) is 8.75. The topological polar surface area (TPSA) is 26.3 Å². The van der Waals surface area contributed by atoms with Gasteiger partial charge in [-0.05, 0) is 11.2 Å². The van der Waals surface area contributed by atoms with Crippen LogP contribution >= 0.6 is 32.2 Å². The number of alkyl halides is 3. The largest absolute Gasteiger partial charge is 0.412 e. The van der Waals surface area contributed by atoms with E-state index in [0.29, 0.717) is 0 Å². The smallest absolute Gasteiger partial charge is 0.300 e. The lowest BCUT2D eigenvalue weighted by molar-refractivity contribution is -0.152. The zero-order valence-corrected chi connectivity index (χ0v) is 7.60. The number of halogens is 5. The van der Waals surface area contributed by atoms with Crippen molar-refractivity contribution in [2.24, 2.45) is 0 Å². The third-order valence-electron chi connectivity index (χ3n) is 0.379. The highest BCUT2D eigenvalue weighted by molar-refractivity contribution is 9.42. The molecule has 0 aliphatic rings. The first-order chi connectivity index (χ1) is 4.21. The molecule has 0 N–H and O–H groups in total. The monoisotopic (exact) mass is 260 g/mol. The van der Waals surface area contributed by atoms with Gasteiger partial charge in [-0.25, -0.2) is 0 Å². The third-order valence-corrected chi connectivity index (χ3v) is 1.72. The van der Waals surface area contributed by atoms with E-state index in [1.807, 2.05) is 0 Å². The van der Waals surface area contributed by atoms with Crippen molar-refractivity contribution in [3.8, 4) is 0 Å². The minimum atomic E-state index is -4.50. The van der Waals surface area contributed by atoms with Crippen molar-refractivity contribution in [1.29, 1.82) is 0 Å². The van der Waals surface area contributed by atoms with Gasteiger partial charge in [0.25, 0.3) is 0 Å². The molecular formula is C2H2BrClF3O2P. The van der Waals surface area contributed by atoms with Crippen LogP contribution in [0.4, 0.5) is 13.2 Å². The van der Waals surface area contributed by atoms with Gasteiger partial charge >= 0.3 is 11.6 Å². The molecule has 0 saturated heterocycles. The van der Waals surface area contributed by atoms with E-state index in [2.05, 4.69) is 20.0 Å². The fourth-order valence-electron chi connectivity index (χ4n) is 0.148. The van der Waals surface area contributed by atoms with E-state index in [1.54, 1.807) is 0 Å². The lowest BCUT2D eigenvalue weighted by Gasteiger charge is -2.06. The fraction of sp³-hybridized carbons (Fsp3) is 1.00. The SMILES string of the molecule is O=P(Cl)(Br)OCC(F)(F)F. The summed E-state index contributed by atoms with van der Waals surface area (Å²) in [5.74, 6) is 0. The molecule has 0 amide bonds. The van der Waals surface area contributed by atoms with E-state index in [1.165, 1.54) is 0 Å². The summed E-state index contributed by atoms with van der Waals surface area (Å²) in [5.41, 5.74) is -3.70. The maximum absolute atomic E-state index is 11.3. The van der Waals surface area contributed by atoms with Crippen LogP contribution < -0.4 is 0 Å². The Morgan fingerprint density at radius 2 is 2.00 bits per heavy atom. The molecule has 0 fully saturated rings. The Morgan fingerprint density at radius 1 is 1.60 bits per heavy atom. The normalized spacial score (nSPS) is 18.5. The van der Waals surface area contributed by atoms with E-state index < -0.39 is 18.2 Å². The van der Waals surface area contributed by atoms with Crippen LogP contribution in [0.15, 0.2) is 0 Å². The van der Waals surface area contributed by atoms with Crippen LogP contribution in [-0.2, 0) is 9.09 Å². The summed E-state index contributed by atoms with van der Waals surface area (Å²) in [4.78, 5) is 0. The fourth-order valence-corrected chi connectivity index (χ4v) is 0.899. The molecule has 0 rings (SSSR count). The second-order valence-electron chi connectivity index (χ2n) is 1.30. The van der Waals surface area contributed by atoms with E-state index >= 15 is 0 Å². The van der Waals surface area contributed by atoms with Crippen LogP contribution in [0.2, 0.25) is 0 Å². The summed E-state index contributed by atoms with van der Waals surface area (Å²) in [6, 6.07) is 0. The lowest BCUT2D eigenvalue weighted by atomic mass is 10.7. The van der Waals surface area contributed by atoms with Crippen molar-refractivity contribution in [1.82, 2.24) is 0 Å². The van der Waals surface area contributed by atoms with Crippen molar-refractivity contribution < 1.29 is 22.3 Å². The summed E-state index contributed by atoms with van der Waals surface area (Å²) < 4.78 is 47.7. The summed E-state index contributed by atoms with van der Waals surface area (Å²) in [7, 11) is 0. The van der Waals surface area contributed by atoms with Gasteiger partial charge in [0.05, 0.1) is 0 Å². The zero-order valence-electron chi connectivity index (χ0n) is 4.36. The molecule has 62 valence electrons. The highest BCUT2D eigenvalue weighted by Gasteiger charge is 2.31. The van der Waals surface area contributed by atoms with Gasteiger partial charge in [-0.3, -0.25) is 4.57 Å². The molecule has 2 nitrogen and oxygen atoms in total. The van der Waals surface area contributed by atoms with Crippen LogP contribution in [0.5, 0.6) is 0 Å². The van der Waals surface area contributed by atoms with E-state index in [9.17, 15) is 17.7 Å². The Labute approximate surface area is 67.7 Å². The van der Waals surface area contributed by atoms with Gasteiger partial charge in [-0.1, -0.05) is 0 Å². The van der Waals surface area contributed by atoms with Crippen molar-refractivity contribution >= 4 is 32.2 Å². The summed E-state index contributed by atoms with van der Waals surface area (Å²) in [6.45, 7) is -1.61. The van der Waals surface area contributed by atoms with Crippen LogP contribution in [-0.4, -0.2) is 12.8 Å². The average Bonchev–Trinajstić information content (AvgIpc) is 1.57. The summed E-state index contributed by atoms with van der Waals surface area (Å²) >= 11 is 7.02. The minimum absolute atomic E-state index is 1.61. The van der Waals surface area contributed by atoms with Gasteiger partial charge in [0.2, 0.25) is 0 Å². The second-order valence-corrected chi connectivity index (χ2v) is 7.75. The first kappa shape index (κ1) is 10.8. The van der Waals surface area contributed by atoms with Crippen molar-refractivity contribution in [3.63, 3.8) is 0 Å². The maximum atomic E-state index is 11.3. The molecule has 0 spiro atoms. The molecule has 8 heteroatoms. The first-order valence-electron chi connectivity index (χ1n) is 1.91. The van der Waals surface area contributed by atoms with Gasteiger partial charge in [0.1, 0.15) is 0 Å². The maximum Gasteiger partial charge on any atom is 0.412 e. The zero-order chi connectivity index (χ0) is 8.41. The number of rotatable bonds is 2. The molecule has 0 aliphatic heterocycles. The minimum Gasteiger partial charge on any atom is -0.300 e. The molecule has 0 radical (unpaired) electrons. The molecular weight excluding hydrogens is 259 g/mol. The molecule has 0 bridgehead atoms. The van der Waals surface area contributed by atoms with Crippen molar-refractivity contribution in [2.75, 3.05) is 6.61 Å². The number of hydrogen-bond acceptors (Lipinski definition) is 2. The first-order valence-corrected chi connectivity index (χ1v) is 6.46. The lowest BCUT2D eigenvalue weighted by Crippen LogP contribution is -2.14. The van der Waals surface area contributed by atoms with Crippen molar-refractivity contribution in [2.45, 2.75) is 6.18 Å². The van der Waals surface area contributed by atoms with E-state index in [0.717, 1.165) is 0 Å². The predicted octanol–water partition coefficient (Wildman–Crippen LogP) is 3.31. The molecule has 0 saturated carbocycles. The van der Waals surface area contributed by atoms with Gasteiger partial charge in [0, 0.05) is 15.5 Å². The standard InChI is InChI=1S/C2H2BrClF3O2P/c3-10(4,8)9-1-2(5,6)7/h1H2. The highest BCUT2D eigenvalue weighted by atomic mass is 79.9. The molecule has 0 aliphatic carbocycles. The van der Waals surface area contributed by atoms with Crippen LogP contribution in [0.1, 0.15) is 0 Å². The van der Waals surface area contributed by atoms with Crippen molar-refractivity contribution in [3.05, 3.63) is 0 Å². The van der Waals surface area contributed by atoms with Crippen LogP contribution in [0, 0.1) is 0 Å².